The van der Waals surface area contributed by atoms with Gasteiger partial charge in [-0.25, -0.2) is 4.98 Å². The van der Waals surface area contributed by atoms with Crippen molar-refractivity contribution in [2.24, 2.45) is 11.7 Å². The predicted molar refractivity (Wildman–Crippen MR) is 106 cm³/mol. The summed E-state index contributed by atoms with van der Waals surface area (Å²) in [6.45, 7) is 5.77. The van der Waals surface area contributed by atoms with Crippen molar-refractivity contribution in [1.29, 1.82) is 0 Å². The zero-order valence-corrected chi connectivity index (χ0v) is 16.8. The molecule has 0 saturated heterocycles. The Balaban J connectivity index is 1.76. The van der Waals surface area contributed by atoms with E-state index in [4.69, 9.17) is 15.2 Å². The molecule has 0 radical (unpaired) electrons. The summed E-state index contributed by atoms with van der Waals surface area (Å²) >= 11 is 0. The van der Waals surface area contributed by atoms with Crippen LogP contribution in [0.2, 0.25) is 0 Å². The maximum atomic E-state index is 12.5. The molecule has 1 aliphatic heterocycles. The van der Waals surface area contributed by atoms with Crippen LogP contribution in [0, 0.1) is 5.92 Å². The number of hydrogen-bond acceptors (Lipinski definition) is 5. The van der Waals surface area contributed by atoms with Gasteiger partial charge < -0.3 is 20.5 Å². The van der Waals surface area contributed by atoms with E-state index in [0.29, 0.717) is 36.2 Å². The number of hydrogen-bond donors (Lipinski definition) is 2. The first-order valence-corrected chi connectivity index (χ1v) is 9.51. The van der Waals surface area contributed by atoms with Gasteiger partial charge in [0.1, 0.15) is 37.1 Å². The Kier molecular flexibility index (Phi) is 5.93. The Morgan fingerprint density at radius 3 is 2.69 bits per heavy atom. The van der Waals surface area contributed by atoms with Gasteiger partial charge >= 0.3 is 6.18 Å². The lowest BCUT2D eigenvalue weighted by Crippen LogP contribution is -2.43. The lowest BCUT2D eigenvalue weighted by Gasteiger charge is -2.27. The number of pyridine rings is 1. The third-order valence-electron chi connectivity index (χ3n) is 4.53. The van der Waals surface area contributed by atoms with Crippen molar-refractivity contribution in [1.82, 2.24) is 4.98 Å². The summed E-state index contributed by atoms with van der Waals surface area (Å²) in [6.07, 6.45) is -2.03. The van der Waals surface area contributed by atoms with Crippen molar-refractivity contribution in [2.75, 3.05) is 18.5 Å². The van der Waals surface area contributed by atoms with Gasteiger partial charge in [0.15, 0.2) is 0 Å². The van der Waals surface area contributed by atoms with E-state index in [0.717, 1.165) is 17.5 Å². The second-order valence-electron chi connectivity index (χ2n) is 8.18. The van der Waals surface area contributed by atoms with E-state index in [1.807, 2.05) is 25.1 Å². The zero-order valence-electron chi connectivity index (χ0n) is 16.8. The highest BCUT2D eigenvalue weighted by Crippen LogP contribution is 2.39. The number of halogens is 3. The summed E-state index contributed by atoms with van der Waals surface area (Å²) in [5.41, 5.74) is 8.34. The molecule has 1 aromatic carbocycles. The van der Waals surface area contributed by atoms with Gasteiger partial charge in [-0.2, -0.15) is 13.2 Å². The van der Waals surface area contributed by atoms with Crippen LogP contribution in [0.3, 0.4) is 0 Å². The molecule has 29 heavy (non-hydrogen) atoms. The summed E-state index contributed by atoms with van der Waals surface area (Å²) in [5.74, 6) is 1.83. The number of fused-ring (bicyclic) bond motifs is 3. The lowest BCUT2D eigenvalue weighted by molar-refractivity contribution is -0.115. The molecule has 2 aromatic rings. The maximum Gasteiger partial charge on any atom is 0.405 e. The molecular formula is C21H26F3N3O2. The maximum absolute atomic E-state index is 12.5. The number of aromatic nitrogens is 1. The van der Waals surface area contributed by atoms with Gasteiger partial charge in [-0.3, -0.25) is 0 Å². The van der Waals surface area contributed by atoms with Crippen LogP contribution in [0.1, 0.15) is 32.8 Å². The fourth-order valence-corrected chi connectivity index (χ4v) is 3.49. The van der Waals surface area contributed by atoms with Crippen molar-refractivity contribution in [2.45, 2.75) is 45.5 Å². The number of ether oxygens (including phenoxy) is 2. The molecule has 2 heterocycles. The molecule has 0 amide bonds. The molecule has 1 atom stereocenters. The number of nitrogens with one attached hydrogen (secondary N) is 1. The fraction of sp³-hybridized carbons (Fsp3) is 0.476. The van der Waals surface area contributed by atoms with Crippen LogP contribution in [0.5, 0.6) is 11.5 Å². The molecule has 158 valence electrons. The first kappa shape index (κ1) is 21.2. The van der Waals surface area contributed by atoms with Gasteiger partial charge in [0, 0.05) is 16.7 Å². The largest absolute Gasteiger partial charge is 0.492 e. The van der Waals surface area contributed by atoms with Gasteiger partial charge in [0.25, 0.3) is 0 Å². The number of anilines is 1. The van der Waals surface area contributed by atoms with Crippen LogP contribution in [0.4, 0.5) is 19.0 Å². The standard InChI is InChI=1S/C21H26F3N3O2/c1-13(2)8-20(3,25)12-29-15-4-5-16-14(6-15)10-28-18-9-26-19(7-17(16)18)27-11-21(22,23)24/h4-7,9,13H,8,10-12,25H2,1-3H3,(H,26,27)/t20-/m1/s1. The minimum Gasteiger partial charge on any atom is -0.492 e. The molecule has 1 aliphatic rings. The quantitative estimate of drug-likeness (QED) is 0.690. The lowest BCUT2D eigenvalue weighted by atomic mass is 9.93. The molecular weight excluding hydrogens is 383 g/mol. The molecule has 0 saturated carbocycles. The molecule has 0 fully saturated rings. The molecule has 0 spiro atoms. The molecule has 8 heteroatoms. The average molecular weight is 409 g/mol. The van der Waals surface area contributed by atoms with Crippen molar-refractivity contribution in [3.05, 3.63) is 36.0 Å². The van der Waals surface area contributed by atoms with Gasteiger partial charge in [-0.1, -0.05) is 19.9 Å². The Morgan fingerprint density at radius 1 is 1.24 bits per heavy atom. The fourth-order valence-electron chi connectivity index (χ4n) is 3.49. The normalized spacial score (nSPS) is 15.2. The first-order chi connectivity index (χ1) is 13.5. The van der Waals surface area contributed by atoms with E-state index in [-0.39, 0.29) is 5.82 Å². The van der Waals surface area contributed by atoms with Crippen LogP contribution >= 0.6 is 0 Å². The van der Waals surface area contributed by atoms with Crippen LogP contribution in [-0.4, -0.2) is 29.9 Å². The number of rotatable bonds is 7. The molecule has 0 bridgehead atoms. The van der Waals surface area contributed by atoms with Gasteiger partial charge in [0.05, 0.1) is 6.20 Å². The van der Waals surface area contributed by atoms with Crippen LogP contribution in [0.25, 0.3) is 11.1 Å². The minimum absolute atomic E-state index is 0.144. The van der Waals surface area contributed by atoms with Crippen molar-refractivity contribution in [3.63, 3.8) is 0 Å². The molecule has 3 N–H and O–H groups in total. The third-order valence-corrected chi connectivity index (χ3v) is 4.53. The second kappa shape index (κ2) is 8.10. The summed E-state index contributed by atoms with van der Waals surface area (Å²) in [4.78, 5) is 3.99. The molecule has 5 nitrogen and oxygen atoms in total. The Bertz CT molecular complexity index is 867. The zero-order chi connectivity index (χ0) is 21.2. The van der Waals surface area contributed by atoms with Crippen molar-refractivity contribution < 1.29 is 22.6 Å². The highest BCUT2D eigenvalue weighted by atomic mass is 19.4. The Labute approximate surface area is 168 Å². The number of nitrogens with zero attached hydrogens (tertiary/aromatic N) is 1. The summed E-state index contributed by atoms with van der Waals surface area (Å²) in [6, 6.07) is 7.17. The van der Waals surface area contributed by atoms with E-state index in [1.54, 1.807) is 6.07 Å². The van der Waals surface area contributed by atoms with Crippen LogP contribution in [0.15, 0.2) is 30.5 Å². The number of alkyl halides is 3. The smallest absolute Gasteiger partial charge is 0.405 e. The van der Waals surface area contributed by atoms with E-state index in [2.05, 4.69) is 24.1 Å². The van der Waals surface area contributed by atoms with E-state index >= 15 is 0 Å². The SMILES string of the molecule is CC(C)C[C@@](C)(N)COc1ccc2c(c1)COc1cnc(NCC(F)(F)F)cc1-2. The molecule has 0 unspecified atom stereocenters. The third kappa shape index (κ3) is 5.76. The highest BCUT2D eigenvalue weighted by molar-refractivity contribution is 5.77. The van der Waals surface area contributed by atoms with Crippen molar-refractivity contribution >= 4 is 5.82 Å². The van der Waals surface area contributed by atoms with E-state index < -0.39 is 18.3 Å². The highest BCUT2D eigenvalue weighted by Gasteiger charge is 2.27. The van der Waals surface area contributed by atoms with E-state index in [9.17, 15) is 13.2 Å². The van der Waals surface area contributed by atoms with Crippen molar-refractivity contribution in [3.8, 4) is 22.6 Å². The summed E-state index contributed by atoms with van der Waals surface area (Å²) in [7, 11) is 0. The van der Waals surface area contributed by atoms with E-state index in [1.165, 1.54) is 6.20 Å². The second-order valence-corrected chi connectivity index (χ2v) is 8.18. The molecule has 3 rings (SSSR count). The summed E-state index contributed by atoms with van der Waals surface area (Å²) in [5, 5.41) is 2.30. The van der Waals surface area contributed by atoms with Crippen LogP contribution in [-0.2, 0) is 6.61 Å². The molecule has 0 aliphatic carbocycles. The van der Waals surface area contributed by atoms with Gasteiger partial charge in [-0.15, -0.1) is 0 Å². The number of nitrogens with two attached hydrogens (primary N) is 1. The minimum atomic E-state index is -4.31. The number of benzene rings is 1. The van der Waals surface area contributed by atoms with Gasteiger partial charge in [-0.05, 0) is 43.0 Å². The van der Waals surface area contributed by atoms with Crippen LogP contribution < -0.4 is 20.5 Å². The molecule has 1 aromatic heterocycles. The first-order valence-electron chi connectivity index (χ1n) is 9.51. The average Bonchev–Trinajstić information content (AvgIpc) is 2.62. The monoisotopic (exact) mass is 409 g/mol. The predicted octanol–water partition coefficient (Wildman–Crippen LogP) is 4.76. The topological polar surface area (TPSA) is 69.4 Å². The Hall–Kier alpha value is -2.48. The Morgan fingerprint density at radius 2 is 2.00 bits per heavy atom. The van der Waals surface area contributed by atoms with Gasteiger partial charge in [0.2, 0.25) is 0 Å². The summed E-state index contributed by atoms with van der Waals surface area (Å²) < 4.78 is 49.0.